The van der Waals surface area contributed by atoms with Crippen LogP contribution in [-0.4, -0.2) is 19.8 Å². The van der Waals surface area contributed by atoms with Gasteiger partial charge in [-0.3, -0.25) is 0 Å². The number of hydrogen-bond donors (Lipinski definition) is 1. The highest BCUT2D eigenvalue weighted by molar-refractivity contribution is 7.89. The van der Waals surface area contributed by atoms with E-state index >= 15 is 0 Å². The molecule has 2 aromatic rings. The van der Waals surface area contributed by atoms with Crippen LogP contribution in [0.25, 0.3) is 0 Å². The van der Waals surface area contributed by atoms with Gasteiger partial charge in [0.15, 0.2) is 0 Å². The molecule has 4 nitrogen and oxygen atoms in total. The summed E-state index contributed by atoms with van der Waals surface area (Å²) < 4.78 is 52.5. The van der Waals surface area contributed by atoms with Crippen LogP contribution in [-0.2, 0) is 16.6 Å². The molecule has 0 aliphatic carbocycles. The molecule has 0 spiro atoms. The van der Waals surface area contributed by atoms with Crippen LogP contribution in [0.4, 0.5) is 14.5 Å². The molecule has 112 valence electrons. The van der Waals surface area contributed by atoms with Gasteiger partial charge in [0.2, 0.25) is 10.0 Å². The molecule has 0 aromatic heterocycles. The summed E-state index contributed by atoms with van der Waals surface area (Å²) in [5, 5.41) is 0. The van der Waals surface area contributed by atoms with Crippen molar-refractivity contribution in [3.63, 3.8) is 0 Å². The molecule has 2 rings (SSSR count). The van der Waals surface area contributed by atoms with E-state index in [-0.39, 0.29) is 22.7 Å². The first-order valence-electron chi connectivity index (χ1n) is 6.07. The molecule has 0 bridgehead atoms. The summed E-state index contributed by atoms with van der Waals surface area (Å²) in [5.41, 5.74) is 5.42. The van der Waals surface area contributed by atoms with Crippen molar-refractivity contribution in [2.75, 3.05) is 12.8 Å². The standard InChI is InChI=1S/C14H14F2N2O2S/c1-18(9-10-4-2-3-5-12(10)15)21(19,20)11-6-7-14(17)13(16)8-11/h2-8H,9,17H2,1H3. The van der Waals surface area contributed by atoms with E-state index in [1.807, 2.05) is 0 Å². The van der Waals surface area contributed by atoms with Gasteiger partial charge in [0, 0.05) is 19.2 Å². The van der Waals surface area contributed by atoms with Crippen LogP contribution in [0.1, 0.15) is 5.56 Å². The molecule has 0 heterocycles. The number of halogens is 2. The number of nitrogens with two attached hydrogens (primary N) is 1. The van der Waals surface area contributed by atoms with Crippen LogP contribution in [0, 0.1) is 11.6 Å². The first-order valence-corrected chi connectivity index (χ1v) is 7.51. The van der Waals surface area contributed by atoms with Crippen LogP contribution in [0.5, 0.6) is 0 Å². The quantitative estimate of drug-likeness (QED) is 0.882. The predicted octanol–water partition coefficient (Wildman–Crippen LogP) is 2.37. The minimum Gasteiger partial charge on any atom is -0.396 e. The monoisotopic (exact) mass is 312 g/mol. The van der Waals surface area contributed by atoms with Crippen molar-refractivity contribution in [1.82, 2.24) is 4.31 Å². The highest BCUT2D eigenvalue weighted by Gasteiger charge is 2.22. The Morgan fingerprint density at radius 3 is 2.38 bits per heavy atom. The lowest BCUT2D eigenvalue weighted by Gasteiger charge is -2.18. The lowest BCUT2D eigenvalue weighted by Crippen LogP contribution is -2.27. The molecule has 0 saturated heterocycles. The van der Waals surface area contributed by atoms with Gasteiger partial charge in [0.1, 0.15) is 11.6 Å². The Kier molecular flexibility index (Phi) is 4.24. The molecular formula is C14H14F2N2O2S. The predicted molar refractivity (Wildman–Crippen MR) is 75.9 cm³/mol. The Balaban J connectivity index is 2.30. The molecule has 2 aromatic carbocycles. The van der Waals surface area contributed by atoms with Crippen LogP contribution in [0.3, 0.4) is 0 Å². The van der Waals surface area contributed by atoms with Crippen molar-refractivity contribution < 1.29 is 17.2 Å². The Morgan fingerprint density at radius 2 is 1.76 bits per heavy atom. The highest BCUT2D eigenvalue weighted by Crippen LogP contribution is 2.21. The second-order valence-corrected chi connectivity index (χ2v) is 6.58. The largest absolute Gasteiger partial charge is 0.396 e. The molecule has 21 heavy (non-hydrogen) atoms. The summed E-state index contributed by atoms with van der Waals surface area (Å²) in [6, 6.07) is 9.11. The summed E-state index contributed by atoms with van der Waals surface area (Å²) in [5.74, 6) is -1.31. The van der Waals surface area contributed by atoms with Gasteiger partial charge in [-0.05, 0) is 24.3 Å². The summed E-state index contributed by atoms with van der Waals surface area (Å²) >= 11 is 0. The number of nitrogen functional groups attached to an aromatic ring is 1. The molecule has 0 saturated carbocycles. The second kappa shape index (κ2) is 5.79. The summed E-state index contributed by atoms with van der Waals surface area (Å²) in [6.07, 6.45) is 0. The van der Waals surface area contributed by atoms with E-state index in [2.05, 4.69) is 0 Å². The maximum atomic E-state index is 13.6. The van der Waals surface area contributed by atoms with E-state index in [0.717, 1.165) is 10.4 Å². The average Bonchev–Trinajstić information content (AvgIpc) is 2.44. The number of anilines is 1. The zero-order chi connectivity index (χ0) is 15.6. The molecular weight excluding hydrogens is 298 g/mol. The topological polar surface area (TPSA) is 63.4 Å². The van der Waals surface area contributed by atoms with Gasteiger partial charge in [-0.2, -0.15) is 4.31 Å². The second-order valence-electron chi connectivity index (χ2n) is 4.54. The van der Waals surface area contributed by atoms with E-state index < -0.39 is 21.7 Å². The van der Waals surface area contributed by atoms with Gasteiger partial charge < -0.3 is 5.73 Å². The molecule has 0 amide bonds. The van der Waals surface area contributed by atoms with Crippen LogP contribution < -0.4 is 5.73 Å². The third-order valence-corrected chi connectivity index (χ3v) is 4.83. The fourth-order valence-electron chi connectivity index (χ4n) is 1.80. The summed E-state index contributed by atoms with van der Waals surface area (Å²) in [7, 11) is -2.62. The van der Waals surface area contributed by atoms with Crippen molar-refractivity contribution >= 4 is 15.7 Å². The lowest BCUT2D eigenvalue weighted by atomic mass is 10.2. The zero-order valence-corrected chi connectivity index (χ0v) is 12.1. The molecule has 2 N–H and O–H groups in total. The zero-order valence-electron chi connectivity index (χ0n) is 11.3. The Labute approximate surface area is 121 Å². The number of benzene rings is 2. The van der Waals surface area contributed by atoms with Crippen LogP contribution >= 0.6 is 0 Å². The van der Waals surface area contributed by atoms with Gasteiger partial charge in [-0.15, -0.1) is 0 Å². The molecule has 0 atom stereocenters. The highest BCUT2D eigenvalue weighted by atomic mass is 32.2. The third-order valence-electron chi connectivity index (χ3n) is 3.03. The summed E-state index contributed by atoms with van der Waals surface area (Å²) in [6.45, 7) is -0.152. The Hall–Kier alpha value is -1.99. The normalized spacial score (nSPS) is 11.8. The fraction of sp³-hybridized carbons (Fsp3) is 0.143. The van der Waals surface area contributed by atoms with E-state index in [0.29, 0.717) is 0 Å². The van der Waals surface area contributed by atoms with Crippen LogP contribution in [0.2, 0.25) is 0 Å². The molecule has 0 unspecified atom stereocenters. The molecule has 0 radical (unpaired) electrons. The van der Waals surface area contributed by atoms with E-state index in [1.165, 1.54) is 37.4 Å². The van der Waals surface area contributed by atoms with E-state index in [1.54, 1.807) is 6.07 Å². The smallest absolute Gasteiger partial charge is 0.243 e. The van der Waals surface area contributed by atoms with Gasteiger partial charge in [-0.1, -0.05) is 18.2 Å². The molecule has 0 aliphatic heterocycles. The van der Waals surface area contributed by atoms with Crippen molar-refractivity contribution in [1.29, 1.82) is 0 Å². The van der Waals surface area contributed by atoms with Crippen molar-refractivity contribution in [2.45, 2.75) is 11.4 Å². The van der Waals surface area contributed by atoms with E-state index in [9.17, 15) is 17.2 Å². The van der Waals surface area contributed by atoms with Crippen LogP contribution in [0.15, 0.2) is 47.4 Å². The maximum absolute atomic E-state index is 13.6. The number of sulfonamides is 1. The number of rotatable bonds is 4. The average molecular weight is 312 g/mol. The van der Waals surface area contributed by atoms with Gasteiger partial charge in [0.25, 0.3) is 0 Å². The third kappa shape index (κ3) is 3.20. The van der Waals surface area contributed by atoms with Crippen molar-refractivity contribution in [3.8, 4) is 0 Å². The molecule has 0 aliphatic rings. The number of nitrogens with zero attached hydrogens (tertiary/aromatic N) is 1. The van der Waals surface area contributed by atoms with Gasteiger partial charge >= 0.3 is 0 Å². The lowest BCUT2D eigenvalue weighted by molar-refractivity contribution is 0.456. The molecule has 0 fully saturated rings. The fourth-order valence-corrected chi connectivity index (χ4v) is 2.96. The Bertz CT molecular complexity index is 763. The summed E-state index contributed by atoms with van der Waals surface area (Å²) in [4.78, 5) is -0.229. The van der Waals surface area contributed by atoms with E-state index in [4.69, 9.17) is 5.73 Å². The van der Waals surface area contributed by atoms with Gasteiger partial charge in [0.05, 0.1) is 10.6 Å². The van der Waals surface area contributed by atoms with Crippen molar-refractivity contribution in [3.05, 3.63) is 59.7 Å². The SMILES string of the molecule is CN(Cc1ccccc1F)S(=O)(=O)c1ccc(N)c(F)c1. The minimum atomic E-state index is -3.92. The molecule has 7 heteroatoms. The first-order chi connectivity index (χ1) is 9.82. The minimum absolute atomic E-state index is 0.134. The Morgan fingerprint density at radius 1 is 1.10 bits per heavy atom. The first kappa shape index (κ1) is 15.4. The maximum Gasteiger partial charge on any atom is 0.243 e. The van der Waals surface area contributed by atoms with Gasteiger partial charge in [-0.25, -0.2) is 17.2 Å². The van der Waals surface area contributed by atoms with Crippen molar-refractivity contribution in [2.24, 2.45) is 0 Å². The number of hydrogen-bond acceptors (Lipinski definition) is 3.